The monoisotopic (exact) mass is 247 g/mol. The van der Waals surface area contributed by atoms with Gasteiger partial charge < -0.3 is 0 Å². The van der Waals surface area contributed by atoms with E-state index in [1.165, 1.54) is 0 Å². The average Bonchev–Trinajstić information content (AvgIpc) is 2.20. The van der Waals surface area contributed by atoms with E-state index >= 15 is 0 Å². The Kier molecular flexibility index (Phi) is 3.99. The first-order valence-electron chi connectivity index (χ1n) is 4.77. The number of benzene rings is 1. The molecule has 15 heavy (non-hydrogen) atoms. The summed E-state index contributed by atoms with van der Waals surface area (Å²) >= 11 is 5.92. The standard InChI is InChI=1S/C10H14ClNO2S/c1-3-8-7-9(5-6-10(8)11)12-15(13,14)4-2/h5-7,12H,3-4H2,1-2H3. The van der Waals surface area contributed by atoms with E-state index in [4.69, 9.17) is 11.6 Å². The second-order valence-electron chi connectivity index (χ2n) is 3.17. The van der Waals surface area contributed by atoms with Crippen molar-refractivity contribution < 1.29 is 8.42 Å². The molecule has 0 aliphatic rings. The molecule has 1 aromatic rings. The summed E-state index contributed by atoms with van der Waals surface area (Å²) < 4.78 is 25.1. The van der Waals surface area contributed by atoms with Crippen LogP contribution < -0.4 is 4.72 Å². The molecule has 0 fully saturated rings. The Morgan fingerprint density at radius 3 is 2.53 bits per heavy atom. The smallest absolute Gasteiger partial charge is 0.232 e. The lowest BCUT2D eigenvalue weighted by Gasteiger charge is -2.08. The molecular weight excluding hydrogens is 234 g/mol. The van der Waals surface area contributed by atoms with Gasteiger partial charge in [-0.1, -0.05) is 18.5 Å². The normalized spacial score (nSPS) is 11.4. The van der Waals surface area contributed by atoms with Crippen LogP contribution in [0.4, 0.5) is 5.69 Å². The molecule has 0 spiro atoms. The molecule has 84 valence electrons. The van der Waals surface area contributed by atoms with E-state index in [0.29, 0.717) is 10.7 Å². The van der Waals surface area contributed by atoms with Gasteiger partial charge in [0.25, 0.3) is 0 Å². The number of halogens is 1. The van der Waals surface area contributed by atoms with Gasteiger partial charge in [0.1, 0.15) is 0 Å². The molecule has 0 radical (unpaired) electrons. The van der Waals surface area contributed by atoms with Gasteiger partial charge in [0.05, 0.1) is 5.75 Å². The molecule has 0 aliphatic carbocycles. The molecule has 0 bridgehead atoms. The van der Waals surface area contributed by atoms with Crippen molar-refractivity contribution in [2.24, 2.45) is 0 Å². The zero-order valence-corrected chi connectivity index (χ0v) is 10.3. The van der Waals surface area contributed by atoms with Crippen molar-refractivity contribution in [1.29, 1.82) is 0 Å². The molecule has 1 N–H and O–H groups in total. The summed E-state index contributed by atoms with van der Waals surface area (Å²) in [5.41, 5.74) is 1.51. The van der Waals surface area contributed by atoms with Gasteiger partial charge in [0.2, 0.25) is 10.0 Å². The van der Waals surface area contributed by atoms with Crippen LogP contribution in [0.5, 0.6) is 0 Å². The molecule has 0 heterocycles. The van der Waals surface area contributed by atoms with Gasteiger partial charge in [0.15, 0.2) is 0 Å². The number of nitrogens with one attached hydrogen (secondary N) is 1. The zero-order valence-electron chi connectivity index (χ0n) is 8.75. The molecular formula is C10H14ClNO2S. The Morgan fingerprint density at radius 2 is 2.00 bits per heavy atom. The highest BCUT2D eigenvalue weighted by Gasteiger charge is 2.07. The Bertz CT molecular complexity index is 443. The van der Waals surface area contributed by atoms with Gasteiger partial charge in [-0.25, -0.2) is 8.42 Å². The van der Waals surface area contributed by atoms with Crippen molar-refractivity contribution in [1.82, 2.24) is 0 Å². The third kappa shape index (κ3) is 3.39. The summed E-state index contributed by atoms with van der Waals surface area (Å²) in [6, 6.07) is 5.12. The molecule has 0 saturated heterocycles. The molecule has 0 amide bonds. The second kappa shape index (κ2) is 4.86. The second-order valence-corrected chi connectivity index (χ2v) is 5.58. The first kappa shape index (κ1) is 12.3. The number of aryl methyl sites for hydroxylation is 1. The van der Waals surface area contributed by atoms with Crippen molar-refractivity contribution in [3.05, 3.63) is 28.8 Å². The molecule has 5 heteroatoms. The zero-order chi connectivity index (χ0) is 11.5. The minimum Gasteiger partial charge on any atom is -0.284 e. The van der Waals surface area contributed by atoms with Gasteiger partial charge in [-0.15, -0.1) is 0 Å². The molecule has 0 atom stereocenters. The highest BCUT2D eigenvalue weighted by molar-refractivity contribution is 7.92. The Labute approximate surface area is 95.5 Å². The maximum Gasteiger partial charge on any atom is 0.232 e. The molecule has 0 aromatic heterocycles. The van der Waals surface area contributed by atoms with Crippen molar-refractivity contribution >= 4 is 27.3 Å². The van der Waals surface area contributed by atoms with Crippen molar-refractivity contribution in [2.45, 2.75) is 20.3 Å². The molecule has 1 rings (SSSR count). The fraction of sp³-hybridized carbons (Fsp3) is 0.400. The summed E-state index contributed by atoms with van der Waals surface area (Å²) in [6.07, 6.45) is 0.778. The summed E-state index contributed by atoms with van der Waals surface area (Å²) in [4.78, 5) is 0. The van der Waals surface area contributed by atoms with Crippen LogP contribution in [0.15, 0.2) is 18.2 Å². The lowest BCUT2D eigenvalue weighted by atomic mass is 10.1. The number of anilines is 1. The lowest BCUT2D eigenvalue weighted by Crippen LogP contribution is -2.14. The van der Waals surface area contributed by atoms with Crippen LogP contribution in [-0.4, -0.2) is 14.2 Å². The van der Waals surface area contributed by atoms with Crippen LogP contribution in [0.1, 0.15) is 19.4 Å². The highest BCUT2D eigenvalue weighted by Crippen LogP contribution is 2.21. The predicted molar refractivity (Wildman–Crippen MR) is 63.9 cm³/mol. The maximum absolute atomic E-state index is 11.3. The summed E-state index contributed by atoms with van der Waals surface area (Å²) in [5.74, 6) is 0.0666. The van der Waals surface area contributed by atoms with Gasteiger partial charge in [-0.2, -0.15) is 0 Å². The summed E-state index contributed by atoms with van der Waals surface area (Å²) in [5, 5.41) is 0.664. The summed E-state index contributed by atoms with van der Waals surface area (Å²) in [7, 11) is -3.20. The van der Waals surface area contributed by atoms with E-state index < -0.39 is 10.0 Å². The Hall–Kier alpha value is -0.740. The SMILES string of the molecule is CCc1cc(NS(=O)(=O)CC)ccc1Cl. The largest absolute Gasteiger partial charge is 0.284 e. The van der Waals surface area contributed by atoms with Crippen LogP contribution in [0.3, 0.4) is 0 Å². The fourth-order valence-corrected chi connectivity index (χ4v) is 2.04. The van der Waals surface area contributed by atoms with Gasteiger partial charge in [0, 0.05) is 10.7 Å². The van der Waals surface area contributed by atoms with Crippen molar-refractivity contribution in [2.75, 3.05) is 10.5 Å². The first-order chi connectivity index (χ1) is 6.98. The van der Waals surface area contributed by atoms with Gasteiger partial charge in [-0.05, 0) is 37.1 Å². The van der Waals surface area contributed by atoms with E-state index in [1.807, 2.05) is 6.92 Å². The van der Waals surface area contributed by atoms with E-state index in [2.05, 4.69) is 4.72 Å². The number of hydrogen-bond acceptors (Lipinski definition) is 2. The van der Waals surface area contributed by atoms with E-state index in [1.54, 1.807) is 25.1 Å². The quantitative estimate of drug-likeness (QED) is 0.889. The fourth-order valence-electron chi connectivity index (χ4n) is 1.16. The minimum atomic E-state index is -3.20. The number of rotatable bonds is 4. The van der Waals surface area contributed by atoms with Crippen LogP contribution in [-0.2, 0) is 16.4 Å². The Morgan fingerprint density at radius 1 is 1.33 bits per heavy atom. The van der Waals surface area contributed by atoms with E-state index in [0.717, 1.165) is 12.0 Å². The summed E-state index contributed by atoms with van der Waals surface area (Å²) in [6.45, 7) is 3.57. The minimum absolute atomic E-state index is 0.0666. The van der Waals surface area contributed by atoms with Crippen molar-refractivity contribution in [3.8, 4) is 0 Å². The van der Waals surface area contributed by atoms with Crippen LogP contribution in [0.25, 0.3) is 0 Å². The van der Waals surface area contributed by atoms with E-state index in [9.17, 15) is 8.42 Å². The predicted octanol–water partition coefficient (Wildman–Crippen LogP) is 2.66. The highest BCUT2D eigenvalue weighted by atomic mass is 35.5. The molecule has 0 saturated carbocycles. The third-order valence-electron chi connectivity index (χ3n) is 2.08. The molecule has 0 aliphatic heterocycles. The van der Waals surface area contributed by atoms with Crippen LogP contribution in [0, 0.1) is 0 Å². The average molecular weight is 248 g/mol. The van der Waals surface area contributed by atoms with Gasteiger partial charge in [-0.3, -0.25) is 4.72 Å². The Balaban J connectivity index is 2.98. The van der Waals surface area contributed by atoms with Gasteiger partial charge >= 0.3 is 0 Å². The number of hydrogen-bond donors (Lipinski definition) is 1. The van der Waals surface area contributed by atoms with E-state index in [-0.39, 0.29) is 5.75 Å². The van der Waals surface area contributed by atoms with Crippen molar-refractivity contribution in [3.63, 3.8) is 0 Å². The van der Waals surface area contributed by atoms with Crippen LogP contribution >= 0.6 is 11.6 Å². The maximum atomic E-state index is 11.3. The molecule has 0 unspecified atom stereocenters. The van der Waals surface area contributed by atoms with Crippen LogP contribution in [0.2, 0.25) is 5.02 Å². The molecule has 3 nitrogen and oxygen atoms in total. The molecule has 1 aromatic carbocycles. The topological polar surface area (TPSA) is 46.2 Å². The number of sulfonamides is 1. The first-order valence-corrected chi connectivity index (χ1v) is 6.80. The lowest BCUT2D eigenvalue weighted by molar-refractivity contribution is 0.602. The third-order valence-corrected chi connectivity index (χ3v) is 3.76.